The van der Waals surface area contributed by atoms with Gasteiger partial charge in [-0.05, 0) is 30.7 Å². The van der Waals surface area contributed by atoms with E-state index in [0.717, 1.165) is 11.1 Å². The van der Waals surface area contributed by atoms with Crippen molar-refractivity contribution in [2.45, 2.75) is 6.92 Å². The summed E-state index contributed by atoms with van der Waals surface area (Å²) in [5.74, 6) is -0.338. The van der Waals surface area contributed by atoms with Crippen molar-refractivity contribution in [1.29, 1.82) is 5.26 Å². The molecule has 0 bridgehead atoms. The number of aromatic nitrogens is 5. The third-order valence-electron chi connectivity index (χ3n) is 4.03. The molecule has 0 aliphatic carbocycles. The number of carbonyl (C=O) groups excluding carboxylic acids is 1. The molecule has 0 spiro atoms. The number of fused-ring (bicyclic) bond motifs is 1. The predicted octanol–water partition coefficient (Wildman–Crippen LogP) is 2.55. The second-order valence-corrected chi connectivity index (χ2v) is 5.69. The lowest BCUT2D eigenvalue weighted by Gasteiger charge is -2.07. The lowest BCUT2D eigenvalue weighted by Crippen LogP contribution is -2.12. The van der Waals surface area contributed by atoms with Gasteiger partial charge >= 0.3 is 0 Å². The minimum Gasteiger partial charge on any atom is -0.319 e. The SMILES string of the molecule is Cc1ccc(C#N)cc1-c1n[nH]cc1NC(=O)c1cnn2cccnc12. The summed E-state index contributed by atoms with van der Waals surface area (Å²) in [5, 5.41) is 23.1. The molecule has 1 amide bonds. The fourth-order valence-electron chi connectivity index (χ4n) is 2.71. The fraction of sp³-hybridized carbons (Fsp3) is 0.0556. The smallest absolute Gasteiger partial charge is 0.261 e. The molecule has 0 saturated carbocycles. The van der Waals surface area contributed by atoms with Crippen molar-refractivity contribution in [2.24, 2.45) is 0 Å². The largest absolute Gasteiger partial charge is 0.319 e. The quantitative estimate of drug-likeness (QED) is 0.594. The molecule has 0 radical (unpaired) electrons. The highest BCUT2D eigenvalue weighted by molar-refractivity contribution is 6.09. The summed E-state index contributed by atoms with van der Waals surface area (Å²) in [5.41, 5.74) is 4.17. The summed E-state index contributed by atoms with van der Waals surface area (Å²) in [7, 11) is 0. The Morgan fingerprint density at radius 1 is 1.38 bits per heavy atom. The summed E-state index contributed by atoms with van der Waals surface area (Å²) in [6.45, 7) is 1.92. The van der Waals surface area contributed by atoms with Crippen molar-refractivity contribution in [3.63, 3.8) is 0 Å². The zero-order valence-electron chi connectivity index (χ0n) is 13.8. The van der Waals surface area contributed by atoms with E-state index in [4.69, 9.17) is 5.26 Å². The zero-order valence-corrected chi connectivity index (χ0v) is 13.8. The first kappa shape index (κ1) is 15.5. The van der Waals surface area contributed by atoms with Crippen LogP contribution >= 0.6 is 0 Å². The van der Waals surface area contributed by atoms with Gasteiger partial charge in [-0.25, -0.2) is 9.50 Å². The maximum absolute atomic E-state index is 12.7. The number of nitriles is 1. The summed E-state index contributed by atoms with van der Waals surface area (Å²) in [4.78, 5) is 16.9. The van der Waals surface area contributed by atoms with Gasteiger partial charge in [0.15, 0.2) is 5.65 Å². The van der Waals surface area contributed by atoms with E-state index >= 15 is 0 Å². The van der Waals surface area contributed by atoms with Gasteiger partial charge in [0.25, 0.3) is 5.91 Å². The number of carbonyl (C=O) groups is 1. The minimum atomic E-state index is -0.338. The van der Waals surface area contributed by atoms with Gasteiger partial charge in [0.1, 0.15) is 11.3 Å². The standard InChI is InChI=1S/C18H13N7O/c1-11-3-4-12(8-19)7-13(11)16-15(10-21-24-16)23-18(26)14-9-22-25-6-2-5-20-17(14)25/h2-7,9-10H,1H3,(H,21,24)(H,23,26). The van der Waals surface area contributed by atoms with Crippen molar-refractivity contribution in [1.82, 2.24) is 24.8 Å². The van der Waals surface area contributed by atoms with Crippen molar-refractivity contribution < 1.29 is 4.79 Å². The molecule has 8 nitrogen and oxygen atoms in total. The number of H-pyrrole nitrogens is 1. The highest BCUT2D eigenvalue weighted by atomic mass is 16.1. The number of rotatable bonds is 3. The summed E-state index contributed by atoms with van der Waals surface area (Å²) < 4.78 is 1.53. The van der Waals surface area contributed by atoms with Crippen LogP contribution < -0.4 is 5.32 Å². The number of aromatic amines is 1. The van der Waals surface area contributed by atoms with Gasteiger partial charge < -0.3 is 5.32 Å². The number of nitrogens with zero attached hydrogens (tertiary/aromatic N) is 5. The Bertz CT molecular complexity index is 1170. The number of amides is 1. The van der Waals surface area contributed by atoms with Crippen LogP contribution in [-0.4, -0.2) is 30.7 Å². The maximum Gasteiger partial charge on any atom is 0.261 e. The summed E-state index contributed by atoms with van der Waals surface area (Å²) >= 11 is 0. The van der Waals surface area contributed by atoms with Gasteiger partial charge in [0.2, 0.25) is 0 Å². The Kier molecular flexibility index (Phi) is 3.67. The van der Waals surface area contributed by atoms with E-state index in [1.54, 1.807) is 36.8 Å². The molecule has 3 aromatic heterocycles. The van der Waals surface area contributed by atoms with Crippen LogP contribution in [0.3, 0.4) is 0 Å². The van der Waals surface area contributed by atoms with Gasteiger partial charge in [-0.1, -0.05) is 6.07 Å². The molecule has 8 heteroatoms. The highest BCUT2D eigenvalue weighted by Crippen LogP contribution is 2.29. The van der Waals surface area contributed by atoms with Gasteiger partial charge in [-0.2, -0.15) is 15.5 Å². The first-order chi connectivity index (χ1) is 12.7. The maximum atomic E-state index is 12.7. The predicted molar refractivity (Wildman–Crippen MR) is 94.4 cm³/mol. The molecule has 126 valence electrons. The van der Waals surface area contributed by atoms with E-state index in [1.807, 2.05) is 13.0 Å². The Labute approximate surface area is 148 Å². The Balaban J connectivity index is 1.70. The van der Waals surface area contributed by atoms with E-state index in [0.29, 0.717) is 28.2 Å². The van der Waals surface area contributed by atoms with Crippen LogP contribution in [0.1, 0.15) is 21.5 Å². The first-order valence-corrected chi connectivity index (χ1v) is 7.82. The van der Waals surface area contributed by atoms with Crippen LogP contribution in [0.2, 0.25) is 0 Å². The monoisotopic (exact) mass is 343 g/mol. The summed E-state index contributed by atoms with van der Waals surface area (Å²) in [6, 6.07) is 9.19. The molecule has 0 saturated heterocycles. The number of hydrogen-bond acceptors (Lipinski definition) is 5. The van der Waals surface area contributed by atoms with Crippen molar-refractivity contribution in [2.75, 3.05) is 5.32 Å². The number of benzene rings is 1. The molecule has 26 heavy (non-hydrogen) atoms. The average molecular weight is 343 g/mol. The average Bonchev–Trinajstić information content (AvgIpc) is 3.29. The fourth-order valence-corrected chi connectivity index (χ4v) is 2.71. The number of hydrogen-bond donors (Lipinski definition) is 2. The molecule has 0 unspecified atom stereocenters. The number of anilines is 1. The van der Waals surface area contributed by atoms with E-state index in [2.05, 4.69) is 31.7 Å². The molecule has 4 rings (SSSR count). The van der Waals surface area contributed by atoms with Crippen LogP contribution in [0.25, 0.3) is 16.9 Å². The lowest BCUT2D eigenvalue weighted by molar-refractivity contribution is 0.102. The van der Waals surface area contributed by atoms with Gasteiger partial charge in [0, 0.05) is 24.2 Å². The van der Waals surface area contributed by atoms with Crippen LogP contribution in [-0.2, 0) is 0 Å². The minimum absolute atomic E-state index is 0.338. The normalized spacial score (nSPS) is 10.6. The Morgan fingerprint density at radius 3 is 3.12 bits per heavy atom. The second-order valence-electron chi connectivity index (χ2n) is 5.69. The molecular formula is C18H13N7O. The molecule has 2 N–H and O–H groups in total. The molecule has 1 aromatic carbocycles. The van der Waals surface area contributed by atoms with Crippen LogP contribution in [0.4, 0.5) is 5.69 Å². The zero-order chi connectivity index (χ0) is 18.1. The molecular weight excluding hydrogens is 330 g/mol. The number of aryl methyl sites for hydroxylation is 1. The van der Waals surface area contributed by atoms with Crippen molar-refractivity contribution in [3.05, 3.63) is 65.7 Å². The number of nitrogens with one attached hydrogen (secondary N) is 2. The van der Waals surface area contributed by atoms with Crippen LogP contribution in [0, 0.1) is 18.3 Å². The first-order valence-electron chi connectivity index (χ1n) is 7.82. The molecule has 4 aromatic rings. The highest BCUT2D eigenvalue weighted by Gasteiger charge is 2.18. The molecule has 3 heterocycles. The van der Waals surface area contributed by atoms with Gasteiger partial charge in [-0.15, -0.1) is 0 Å². The molecule has 0 aliphatic rings. The molecule has 0 atom stereocenters. The van der Waals surface area contributed by atoms with Crippen LogP contribution in [0.15, 0.2) is 49.1 Å². The molecule has 0 fully saturated rings. The molecule has 0 aliphatic heterocycles. The summed E-state index contributed by atoms with van der Waals surface area (Å²) in [6.07, 6.45) is 6.40. The van der Waals surface area contributed by atoms with Gasteiger partial charge in [0.05, 0.1) is 23.5 Å². The van der Waals surface area contributed by atoms with E-state index < -0.39 is 0 Å². The van der Waals surface area contributed by atoms with Crippen molar-refractivity contribution >= 4 is 17.2 Å². The Morgan fingerprint density at radius 2 is 2.27 bits per heavy atom. The van der Waals surface area contributed by atoms with Gasteiger partial charge in [-0.3, -0.25) is 9.89 Å². The van der Waals surface area contributed by atoms with E-state index in [1.165, 1.54) is 10.7 Å². The van der Waals surface area contributed by atoms with Crippen molar-refractivity contribution in [3.8, 4) is 17.3 Å². The Hall–Kier alpha value is -3.99. The third-order valence-corrected chi connectivity index (χ3v) is 4.03. The second kappa shape index (κ2) is 6.14. The topological polar surface area (TPSA) is 112 Å². The van der Waals surface area contributed by atoms with Crippen LogP contribution in [0.5, 0.6) is 0 Å². The van der Waals surface area contributed by atoms with E-state index in [9.17, 15) is 4.79 Å². The lowest BCUT2D eigenvalue weighted by atomic mass is 10.0. The third kappa shape index (κ3) is 2.57. The van der Waals surface area contributed by atoms with E-state index in [-0.39, 0.29) is 5.91 Å².